The van der Waals surface area contributed by atoms with Gasteiger partial charge in [0.15, 0.2) is 5.78 Å². The summed E-state index contributed by atoms with van der Waals surface area (Å²) in [6, 6.07) is 7.31. The van der Waals surface area contributed by atoms with Crippen molar-refractivity contribution in [2.24, 2.45) is 0 Å². The van der Waals surface area contributed by atoms with Gasteiger partial charge in [0.2, 0.25) is 0 Å². The van der Waals surface area contributed by atoms with E-state index in [0.29, 0.717) is 17.7 Å². The summed E-state index contributed by atoms with van der Waals surface area (Å²) >= 11 is 0. The van der Waals surface area contributed by atoms with Gasteiger partial charge in [-0.2, -0.15) is 0 Å². The lowest BCUT2D eigenvalue weighted by Crippen LogP contribution is -2.01. The largest absolute Gasteiger partial charge is 0.496 e. The maximum absolute atomic E-state index is 11.9. The Morgan fingerprint density at radius 1 is 1.38 bits per heavy atom. The van der Waals surface area contributed by atoms with Crippen molar-refractivity contribution in [3.63, 3.8) is 0 Å². The van der Waals surface area contributed by atoms with Gasteiger partial charge in [-0.1, -0.05) is 12.1 Å². The molecule has 1 aromatic carbocycles. The molecule has 2 nitrogen and oxygen atoms in total. The minimum atomic E-state index is 0.121. The van der Waals surface area contributed by atoms with Crippen molar-refractivity contribution in [2.75, 3.05) is 7.11 Å². The van der Waals surface area contributed by atoms with Crippen LogP contribution in [-0.2, 0) is 0 Å². The zero-order chi connectivity index (χ0) is 11.8. The summed E-state index contributed by atoms with van der Waals surface area (Å²) in [7, 11) is 1.58. The molecule has 2 heteroatoms. The number of methoxy groups -OCH3 is 1. The molecule has 0 fully saturated rings. The first-order valence-electron chi connectivity index (χ1n) is 5.35. The van der Waals surface area contributed by atoms with E-state index in [2.05, 4.69) is 11.8 Å². The van der Waals surface area contributed by atoms with Crippen LogP contribution in [0.2, 0.25) is 0 Å². The van der Waals surface area contributed by atoms with Crippen LogP contribution in [0.3, 0.4) is 0 Å². The van der Waals surface area contributed by atoms with Gasteiger partial charge in [-0.25, -0.2) is 0 Å². The fourth-order valence-electron chi connectivity index (χ4n) is 1.47. The third-order valence-electron chi connectivity index (χ3n) is 2.29. The van der Waals surface area contributed by atoms with Crippen LogP contribution in [0, 0.1) is 11.8 Å². The maximum Gasteiger partial charge on any atom is 0.166 e. The van der Waals surface area contributed by atoms with Gasteiger partial charge in [-0.15, -0.1) is 11.8 Å². The summed E-state index contributed by atoms with van der Waals surface area (Å²) in [4.78, 5) is 11.9. The lowest BCUT2D eigenvalue weighted by Gasteiger charge is -2.06. The summed E-state index contributed by atoms with van der Waals surface area (Å²) < 4.78 is 5.15. The van der Waals surface area contributed by atoms with Gasteiger partial charge < -0.3 is 4.74 Å². The highest BCUT2D eigenvalue weighted by Gasteiger charge is 2.10. The quantitative estimate of drug-likeness (QED) is 0.429. The maximum atomic E-state index is 11.9. The van der Waals surface area contributed by atoms with E-state index in [1.807, 2.05) is 19.1 Å². The van der Waals surface area contributed by atoms with E-state index in [4.69, 9.17) is 4.74 Å². The zero-order valence-corrected chi connectivity index (χ0v) is 9.75. The minimum Gasteiger partial charge on any atom is -0.496 e. The fourth-order valence-corrected chi connectivity index (χ4v) is 1.47. The molecule has 1 rings (SSSR count). The third-order valence-corrected chi connectivity index (χ3v) is 2.29. The van der Waals surface area contributed by atoms with Crippen LogP contribution in [-0.4, -0.2) is 12.9 Å². The topological polar surface area (TPSA) is 26.3 Å². The highest BCUT2D eigenvalue weighted by molar-refractivity contribution is 5.98. The number of para-hydroxylation sites is 1. The Kier molecular flexibility index (Phi) is 5.15. The summed E-state index contributed by atoms with van der Waals surface area (Å²) in [5.74, 6) is 6.54. The SMILES string of the molecule is CC#CCCCC(=O)c1ccccc1OC. The van der Waals surface area contributed by atoms with E-state index in [0.717, 1.165) is 12.8 Å². The minimum absolute atomic E-state index is 0.121. The smallest absolute Gasteiger partial charge is 0.166 e. The second kappa shape index (κ2) is 6.68. The second-order valence-corrected chi connectivity index (χ2v) is 3.40. The van der Waals surface area contributed by atoms with Crippen LogP contribution in [0.5, 0.6) is 5.75 Å². The number of hydrogen-bond acceptors (Lipinski definition) is 2. The predicted molar refractivity (Wildman–Crippen MR) is 64.6 cm³/mol. The van der Waals surface area contributed by atoms with E-state index < -0.39 is 0 Å². The van der Waals surface area contributed by atoms with E-state index in [1.54, 1.807) is 19.2 Å². The first-order chi connectivity index (χ1) is 7.79. The number of benzene rings is 1. The number of rotatable bonds is 5. The number of ketones is 1. The van der Waals surface area contributed by atoms with Gasteiger partial charge in [0, 0.05) is 12.8 Å². The molecule has 16 heavy (non-hydrogen) atoms. The van der Waals surface area contributed by atoms with Gasteiger partial charge in [-0.3, -0.25) is 4.79 Å². The van der Waals surface area contributed by atoms with Crippen LogP contribution < -0.4 is 4.74 Å². The number of unbranched alkanes of at least 4 members (excludes halogenated alkanes) is 1. The second-order valence-electron chi connectivity index (χ2n) is 3.40. The Labute approximate surface area is 96.6 Å². The Morgan fingerprint density at radius 2 is 2.12 bits per heavy atom. The first kappa shape index (κ1) is 12.3. The molecule has 0 heterocycles. The number of ether oxygens (including phenoxy) is 1. The average molecular weight is 216 g/mol. The van der Waals surface area contributed by atoms with E-state index in [1.165, 1.54) is 0 Å². The summed E-state index contributed by atoms with van der Waals surface area (Å²) in [5.41, 5.74) is 0.662. The van der Waals surface area contributed by atoms with Gasteiger partial charge in [-0.05, 0) is 25.5 Å². The fraction of sp³-hybridized carbons (Fsp3) is 0.357. The summed E-state index contributed by atoms with van der Waals surface area (Å²) in [5, 5.41) is 0. The summed E-state index contributed by atoms with van der Waals surface area (Å²) in [6.45, 7) is 1.81. The van der Waals surface area contributed by atoms with E-state index in [-0.39, 0.29) is 5.78 Å². The van der Waals surface area contributed by atoms with Crippen molar-refractivity contribution in [3.05, 3.63) is 29.8 Å². The molecule has 84 valence electrons. The molecule has 0 N–H and O–H groups in total. The normalized spacial score (nSPS) is 9.12. The molecule has 0 saturated carbocycles. The Morgan fingerprint density at radius 3 is 2.81 bits per heavy atom. The summed E-state index contributed by atoms with van der Waals surface area (Å²) in [6.07, 6.45) is 2.10. The third kappa shape index (κ3) is 3.43. The monoisotopic (exact) mass is 216 g/mol. The van der Waals surface area contributed by atoms with Crippen LogP contribution >= 0.6 is 0 Å². The molecule has 0 radical (unpaired) electrons. The van der Waals surface area contributed by atoms with Gasteiger partial charge in [0.25, 0.3) is 0 Å². The van der Waals surface area contributed by atoms with Crippen LogP contribution in [0.25, 0.3) is 0 Å². The zero-order valence-electron chi connectivity index (χ0n) is 9.75. The number of carbonyl (C=O) groups is 1. The van der Waals surface area contributed by atoms with Gasteiger partial charge in [0.1, 0.15) is 5.75 Å². The molecule has 0 unspecified atom stereocenters. The van der Waals surface area contributed by atoms with Crippen LogP contribution in [0.1, 0.15) is 36.5 Å². The molecule has 0 aromatic heterocycles. The van der Waals surface area contributed by atoms with Crippen molar-refractivity contribution in [1.29, 1.82) is 0 Å². The lowest BCUT2D eigenvalue weighted by atomic mass is 10.0. The molecule has 0 atom stereocenters. The molecule has 0 spiro atoms. The molecule has 0 aliphatic carbocycles. The van der Waals surface area contributed by atoms with Gasteiger partial charge in [0.05, 0.1) is 12.7 Å². The molecular formula is C14H16O2. The molecule has 0 bridgehead atoms. The molecule has 0 aliphatic heterocycles. The number of carbonyl (C=O) groups excluding carboxylic acids is 1. The highest BCUT2D eigenvalue weighted by atomic mass is 16.5. The molecule has 1 aromatic rings. The van der Waals surface area contributed by atoms with Gasteiger partial charge >= 0.3 is 0 Å². The van der Waals surface area contributed by atoms with Crippen molar-refractivity contribution < 1.29 is 9.53 Å². The van der Waals surface area contributed by atoms with E-state index in [9.17, 15) is 4.79 Å². The first-order valence-corrected chi connectivity index (χ1v) is 5.35. The molecular weight excluding hydrogens is 200 g/mol. The highest BCUT2D eigenvalue weighted by Crippen LogP contribution is 2.19. The molecule has 0 amide bonds. The standard InChI is InChI=1S/C14H16O2/c1-3-4-5-6-10-13(15)12-9-7-8-11-14(12)16-2/h7-9,11H,5-6,10H2,1-2H3. The molecule has 0 aliphatic rings. The number of Topliss-reactive ketones (excluding diaryl/α,β-unsaturated/α-hetero) is 1. The Balaban J connectivity index is 2.61. The van der Waals surface area contributed by atoms with Crippen molar-refractivity contribution in [3.8, 4) is 17.6 Å². The molecule has 0 saturated heterocycles. The number of hydrogen-bond donors (Lipinski definition) is 0. The van der Waals surface area contributed by atoms with Crippen molar-refractivity contribution in [2.45, 2.75) is 26.2 Å². The average Bonchev–Trinajstić information content (AvgIpc) is 2.34. The Bertz CT molecular complexity index is 410. The van der Waals surface area contributed by atoms with Crippen LogP contribution in [0.4, 0.5) is 0 Å². The van der Waals surface area contributed by atoms with Crippen molar-refractivity contribution in [1.82, 2.24) is 0 Å². The predicted octanol–water partition coefficient (Wildman–Crippen LogP) is 3.07. The van der Waals surface area contributed by atoms with Crippen molar-refractivity contribution >= 4 is 5.78 Å². The van der Waals surface area contributed by atoms with E-state index >= 15 is 0 Å². The lowest BCUT2D eigenvalue weighted by molar-refractivity contribution is 0.0977. The van der Waals surface area contributed by atoms with Crippen LogP contribution in [0.15, 0.2) is 24.3 Å². The Hall–Kier alpha value is -1.75.